The first-order valence-electron chi connectivity index (χ1n) is 9.11. The van der Waals surface area contributed by atoms with Crippen LogP contribution in [-0.4, -0.2) is 30.0 Å². The third kappa shape index (κ3) is 4.49. The minimum Gasteiger partial charge on any atom is -0.495 e. The molecule has 158 valence electrons. The molecule has 3 rings (SSSR count). The predicted octanol–water partition coefficient (Wildman–Crippen LogP) is 5.00. The number of urea groups is 1. The molecule has 0 fully saturated rings. The van der Waals surface area contributed by atoms with E-state index in [1.165, 1.54) is 20.3 Å². The molecule has 0 radical (unpaired) electrons. The highest BCUT2D eigenvalue weighted by Crippen LogP contribution is 2.36. The number of benzene rings is 2. The molecule has 9 heteroatoms. The predicted molar refractivity (Wildman–Crippen MR) is 114 cm³/mol. The second kappa shape index (κ2) is 9.04. The first kappa shape index (κ1) is 21.4. The van der Waals surface area contributed by atoms with Crippen molar-refractivity contribution in [3.05, 3.63) is 64.2 Å². The third-order valence-electron chi connectivity index (χ3n) is 4.62. The average Bonchev–Trinajstić information content (AvgIpc) is 2.97. The van der Waals surface area contributed by atoms with Crippen molar-refractivity contribution < 1.29 is 18.7 Å². The Labute approximate surface area is 178 Å². The minimum absolute atomic E-state index is 0.255. The molecule has 0 saturated heterocycles. The van der Waals surface area contributed by atoms with Crippen molar-refractivity contribution in [1.82, 2.24) is 9.78 Å². The first-order valence-corrected chi connectivity index (χ1v) is 9.48. The fourth-order valence-electron chi connectivity index (χ4n) is 3.04. The lowest BCUT2D eigenvalue weighted by Crippen LogP contribution is -2.20. The van der Waals surface area contributed by atoms with Crippen LogP contribution in [-0.2, 0) is 6.54 Å². The molecule has 1 heterocycles. The fraction of sp³-hybridized carbons (Fsp3) is 0.238. The third-order valence-corrected chi connectivity index (χ3v) is 4.92. The van der Waals surface area contributed by atoms with Crippen LogP contribution in [0.5, 0.6) is 11.5 Å². The van der Waals surface area contributed by atoms with Crippen LogP contribution in [0.4, 0.5) is 20.6 Å². The molecule has 0 bridgehead atoms. The number of rotatable bonds is 6. The molecule has 2 aromatic carbocycles. The van der Waals surface area contributed by atoms with Gasteiger partial charge in [-0.25, -0.2) is 9.18 Å². The number of nitrogens with one attached hydrogen (secondary N) is 2. The Morgan fingerprint density at radius 3 is 2.50 bits per heavy atom. The average molecular weight is 433 g/mol. The number of nitrogens with zero attached hydrogens (tertiary/aromatic N) is 2. The number of carbonyl (C=O) groups excluding carboxylic acids is 1. The zero-order valence-electron chi connectivity index (χ0n) is 17.0. The summed E-state index contributed by atoms with van der Waals surface area (Å²) in [6, 6.07) is 9.14. The number of halogens is 2. The Bertz CT molecular complexity index is 1080. The van der Waals surface area contributed by atoms with Gasteiger partial charge in [-0.1, -0.05) is 29.8 Å². The van der Waals surface area contributed by atoms with E-state index >= 15 is 0 Å². The maximum atomic E-state index is 14.0. The summed E-state index contributed by atoms with van der Waals surface area (Å²) >= 11 is 6.15. The standard InChI is InChI=1S/C21H22ClFN4O3/c1-12-20(13(2)27(26-12)11-14-7-5-6-8-16(14)23)25-21(28)24-17-9-15(22)18(29-3)10-19(17)30-4/h5-10H,11H2,1-4H3,(H2,24,25,28). The number of ether oxygens (including phenoxy) is 2. The normalized spacial score (nSPS) is 10.6. The zero-order valence-corrected chi connectivity index (χ0v) is 17.8. The van der Waals surface area contributed by atoms with Crippen LogP contribution < -0.4 is 20.1 Å². The molecule has 0 spiro atoms. The van der Waals surface area contributed by atoms with E-state index in [1.807, 2.05) is 0 Å². The number of hydrogen-bond acceptors (Lipinski definition) is 4. The smallest absolute Gasteiger partial charge is 0.323 e. The summed E-state index contributed by atoms with van der Waals surface area (Å²) in [6.07, 6.45) is 0. The number of methoxy groups -OCH3 is 2. The molecule has 0 aliphatic rings. The zero-order chi connectivity index (χ0) is 21.8. The van der Waals surface area contributed by atoms with E-state index in [4.69, 9.17) is 21.1 Å². The van der Waals surface area contributed by atoms with Gasteiger partial charge in [0, 0.05) is 11.6 Å². The topological polar surface area (TPSA) is 77.4 Å². The number of amides is 2. The first-order chi connectivity index (χ1) is 14.3. The Morgan fingerprint density at radius 2 is 1.83 bits per heavy atom. The van der Waals surface area contributed by atoms with Gasteiger partial charge in [0.25, 0.3) is 0 Å². The molecule has 0 aliphatic heterocycles. The highest BCUT2D eigenvalue weighted by Gasteiger charge is 2.17. The summed E-state index contributed by atoms with van der Waals surface area (Å²) in [5.74, 6) is 0.525. The lowest BCUT2D eigenvalue weighted by molar-refractivity contribution is 0.262. The van der Waals surface area contributed by atoms with Gasteiger partial charge in [0.2, 0.25) is 0 Å². The molecule has 1 aromatic heterocycles. The van der Waals surface area contributed by atoms with Crippen molar-refractivity contribution in [2.75, 3.05) is 24.9 Å². The summed E-state index contributed by atoms with van der Waals surface area (Å²) in [6.45, 7) is 3.83. The van der Waals surface area contributed by atoms with Gasteiger partial charge in [0.1, 0.15) is 17.3 Å². The van der Waals surface area contributed by atoms with Gasteiger partial charge in [0.05, 0.1) is 48.5 Å². The summed E-state index contributed by atoms with van der Waals surface area (Å²) in [5.41, 5.74) is 2.75. The van der Waals surface area contributed by atoms with E-state index in [9.17, 15) is 9.18 Å². The Hall–Kier alpha value is -3.26. The lowest BCUT2D eigenvalue weighted by Gasteiger charge is -2.14. The molecular formula is C21H22ClFN4O3. The van der Waals surface area contributed by atoms with E-state index in [2.05, 4.69) is 15.7 Å². The molecule has 0 atom stereocenters. The van der Waals surface area contributed by atoms with Crippen molar-refractivity contribution >= 4 is 29.0 Å². The van der Waals surface area contributed by atoms with Gasteiger partial charge in [-0.15, -0.1) is 0 Å². The van der Waals surface area contributed by atoms with Crippen LogP contribution in [0.15, 0.2) is 36.4 Å². The summed E-state index contributed by atoms with van der Waals surface area (Å²) in [5, 5.41) is 10.3. The maximum Gasteiger partial charge on any atom is 0.323 e. The van der Waals surface area contributed by atoms with E-state index in [0.29, 0.717) is 44.8 Å². The number of aryl methyl sites for hydroxylation is 1. The molecule has 7 nitrogen and oxygen atoms in total. The van der Waals surface area contributed by atoms with Crippen LogP contribution in [0.25, 0.3) is 0 Å². The highest BCUT2D eigenvalue weighted by molar-refractivity contribution is 6.32. The summed E-state index contributed by atoms with van der Waals surface area (Å²) in [4.78, 5) is 12.6. The van der Waals surface area contributed by atoms with E-state index in [-0.39, 0.29) is 12.4 Å². The van der Waals surface area contributed by atoms with Crippen molar-refractivity contribution in [2.45, 2.75) is 20.4 Å². The summed E-state index contributed by atoms with van der Waals surface area (Å²) in [7, 11) is 2.97. The van der Waals surface area contributed by atoms with Crippen LogP contribution in [0.2, 0.25) is 5.02 Å². The Morgan fingerprint density at radius 1 is 1.13 bits per heavy atom. The molecule has 0 unspecified atom stereocenters. The second-order valence-electron chi connectivity index (χ2n) is 6.56. The SMILES string of the molecule is COc1cc(OC)c(NC(=O)Nc2c(C)nn(Cc3ccccc3F)c2C)cc1Cl. The highest BCUT2D eigenvalue weighted by atomic mass is 35.5. The maximum absolute atomic E-state index is 14.0. The molecule has 0 aliphatic carbocycles. The molecule has 3 aromatic rings. The van der Waals surface area contributed by atoms with Gasteiger partial charge >= 0.3 is 6.03 Å². The largest absolute Gasteiger partial charge is 0.495 e. The molecule has 2 amide bonds. The van der Waals surface area contributed by atoms with Gasteiger partial charge in [-0.3, -0.25) is 4.68 Å². The second-order valence-corrected chi connectivity index (χ2v) is 6.97. The summed E-state index contributed by atoms with van der Waals surface area (Å²) < 4.78 is 26.1. The van der Waals surface area contributed by atoms with E-state index in [1.54, 1.807) is 48.9 Å². The van der Waals surface area contributed by atoms with Crippen LogP contribution in [0, 0.1) is 19.7 Å². The fourth-order valence-corrected chi connectivity index (χ4v) is 3.29. The van der Waals surface area contributed by atoms with E-state index < -0.39 is 6.03 Å². The Kier molecular flexibility index (Phi) is 6.47. The number of carbonyl (C=O) groups is 1. The molecule has 30 heavy (non-hydrogen) atoms. The van der Waals surface area contributed by atoms with Gasteiger partial charge in [-0.2, -0.15) is 5.10 Å². The van der Waals surface area contributed by atoms with Crippen molar-refractivity contribution in [2.24, 2.45) is 0 Å². The van der Waals surface area contributed by atoms with Crippen molar-refractivity contribution in [1.29, 1.82) is 0 Å². The van der Waals surface area contributed by atoms with Gasteiger partial charge in [-0.05, 0) is 26.0 Å². The monoisotopic (exact) mass is 432 g/mol. The van der Waals surface area contributed by atoms with Gasteiger partial charge in [0.15, 0.2) is 0 Å². The quantitative estimate of drug-likeness (QED) is 0.574. The Balaban J connectivity index is 1.79. The molecule has 0 saturated carbocycles. The van der Waals surface area contributed by atoms with Crippen molar-refractivity contribution in [3.63, 3.8) is 0 Å². The van der Waals surface area contributed by atoms with Gasteiger partial charge < -0.3 is 20.1 Å². The van der Waals surface area contributed by atoms with Crippen LogP contribution in [0.3, 0.4) is 0 Å². The van der Waals surface area contributed by atoms with E-state index in [0.717, 1.165) is 0 Å². The number of hydrogen-bond donors (Lipinski definition) is 2. The van der Waals surface area contributed by atoms with Crippen LogP contribution in [0.1, 0.15) is 17.0 Å². The minimum atomic E-state index is -0.494. The van der Waals surface area contributed by atoms with Crippen LogP contribution >= 0.6 is 11.6 Å². The number of anilines is 2. The molecular weight excluding hydrogens is 411 g/mol. The lowest BCUT2D eigenvalue weighted by atomic mass is 10.2. The van der Waals surface area contributed by atoms with Crippen molar-refractivity contribution in [3.8, 4) is 11.5 Å². The number of aromatic nitrogens is 2. The molecule has 2 N–H and O–H groups in total.